The molecule has 0 bridgehead atoms. The molecule has 0 saturated carbocycles. The largest absolute Gasteiger partial charge is 0.266 e. The van der Waals surface area contributed by atoms with Crippen molar-refractivity contribution in [3.05, 3.63) is 67.8 Å². The Bertz CT molecular complexity index is 730. The van der Waals surface area contributed by atoms with Crippen molar-refractivity contribution in [1.29, 1.82) is 0 Å². The summed E-state index contributed by atoms with van der Waals surface area (Å²) in [6.07, 6.45) is 2.99. The van der Waals surface area contributed by atoms with Crippen LogP contribution in [0.4, 0.5) is 5.69 Å². The second-order valence-electron chi connectivity index (χ2n) is 4.39. The monoisotopic (exact) mass is 287 g/mol. The molecule has 0 aliphatic carbocycles. The zero-order chi connectivity index (χ0) is 14.6. The Morgan fingerprint density at radius 2 is 1.70 bits per heavy atom. The maximum Gasteiger partial charge on any atom is 0.239 e. The number of sulfonamides is 1. The number of anilines is 1. The molecule has 0 amide bonds. The van der Waals surface area contributed by atoms with E-state index in [2.05, 4.69) is 13.2 Å². The molecule has 20 heavy (non-hydrogen) atoms. The number of nitrogens with zero attached hydrogens (tertiary/aromatic N) is 1. The van der Waals surface area contributed by atoms with E-state index in [1.165, 1.54) is 10.4 Å². The van der Waals surface area contributed by atoms with Crippen molar-refractivity contribution >= 4 is 26.5 Å². The second kappa shape index (κ2) is 5.92. The lowest BCUT2D eigenvalue weighted by Gasteiger charge is -2.24. The summed E-state index contributed by atoms with van der Waals surface area (Å²) in [4.78, 5) is 0. The first-order valence-electron chi connectivity index (χ1n) is 6.30. The van der Waals surface area contributed by atoms with E-state index < -0.39 is 10.0 Å². The van der Waals surface area contributed by atoms with E-state index in [1.807, 2.05) is 42.5 Å². The van der Waals surface area contributed by atoms with Crippen LogP contribution in [-0.2, 0) is 10.0 Å². The van der Waals surface area contributed by atoms with Gasteiger partial charge in [0.2, 0.25) is 10.0 Å². The van der Waals surface area contributed by atoms with E-state index in [4.69, 9.17) is 0 Å². The maximum atomic E-state index is 12.4. The Morgan fingerprint density at radius 3 is 2.40 bits per heavy atom. The molecule has 0 N–H and O–H groups in total. The van der Waals surface area contributed by atoms with E-state index in [0.29, 0.717) is 5.69 Å². The summed E-state index contributed by atoms with van der Waals surface area (Å²) in [5, 5.41) is 1.91. The molecule has 0 heterocycles. The SMILES string of the molecule is C=CCN(c1cccc2ccccc12)S(=O)(=O)CC=C. The van der Waals surface area contributed by atoms with Crippen LogP contribution in [0.1, 0.15) is 0 Å². The van der Waals surface area contributed by atoms with Crippen LogP contribution in [0.2, 0.25) is 0 Å². The summed E-state index contributed by atoms with van der Waals surface area (Å²) in [6.45, 7) is 7.40. The van der Waals surface area contributed by atoms with Crippen LogP contribution in [-0.4, -0.2) is 20.7 Å². The molecule has 2 rings (SSSR count). The predicted molar refractivity (Wildman–Crippen MR) is 85.5 cm³/mol. The Balaban J connectivity index is 2.63. The summed E-state index contributed by atoms with van der Waals surface area (Å²) in [5.74, 6) is -0.0932. The van der Waals surface area contributed by atoms with E-state index >= 15 is 0 Å². The molecule has 0 aliphatic heterocycles. The summed E-state index contributed by atoms with van der Waals surface area (Å²) in [5.41, 5.74) is 0.671. The van der Waals surface area contributed by atoms with Crippen LogP contribution in [0.5, 0.6) is 0 Å². The van der Waals surface area contributed by atoms with Crippen molar-refractivity contribution in [1.82, 2.24) is 0 Å². The van der Waals surface area contributed by atoms with Crippen LogP contribution in [0, 0.1) is 0 Å². The quantitative estimate of drug-likeness (QED) is 0.764. The van der Waals surface area contributed by atoms with Gasteiger partial charge in [-0.3, -0.25) is 4.31 Å². The molecular weight excluding hydrogens is 270 g/mol. The normalized spacial score (nSPS) is 11.2. The van der Waals surface area contributed by atoms with Gasteiger partial charge >= 0.3 is 0 Å². The summed E-state index contributed by atoms with van der Waals surface area (Å²) in [7, 11) is -3.44. The number of fused-ring (bicyclic) bond motifs is 1. The van der Waals surface area contributed by atoms with Crippen LogP contribution in [0.25, 0.3) is 10.8 Å². The zero-order valence-electron chi connectivity index (χ0n) is 11.2. The maximum absolute atomic E-state index is 12.4. The van der Waals surface area contributed by atoms with E-state index in [9.17, 15) is 8.42 Å². The fourth-order valence-electron chi connectivity index (χ4n) is 2.14. The number of hydrogen-bond acceptors (Lipinski definition) is 2. The summed E-state index contributed by atoms with van der Waals surface area (Å²) >= 11 is 0. The highest BCUT2D eigenvalue weighted by Gasteiger charge is 2.21. The predicted octanol–water partition coefficient (Wildman–Crippen LogP) is 3.35. The van der Waals surface area contributed by atoms with Crippen LogP contribution in [0.3, 0.4) is 0 Å². The average Bonchev–Trinajstić information content (AvgIpc) is 2.44. The standard InChI is InChI=1S/C16H17NO2S/c1-3-12-17(20(18,19)13-4-2)16-11-7-9-14-8-5-6-10-15(14)16/h3-11H,1-2,12-13H2. The average molecular weight is 287 g/mol. The zero-order valence-corrected chi connectivity index (χ0v) is 12.0. The molecule has 0 saturated heterocycles. The van der Waals surface area contributed by atoms with Crippen LogP contribution < -0.4 is 4.31 Å². The fourth-order valence-corrected chi connectivity index (χ4v) is 3.41. The van der Waals surface area contributed by atoms with Gasteiger partial charge < -0.3 is 0 Å². The molecule has 2 aromatic carbocycles. The van der Waals surface area contributed by atoms with Crippen LogP contribution in [0.15, 0.2) is 67.8 Å². The van der Waals surface area contributed by atoms with E-state index in [-0.39, 0.29) is 12.3 Å². The van der Waals surface area contributed by atoms with Gasteiger partial charge in [-0.15, -0.1) is 13.2 Å². The third kappa shape index (κ3) is 2.75. The first-order valence-corrected chi connectivity index (χ1v) is 7.91. The lowest BCUT2D eigenvalue weighted by atomic mass is 10.1. The third-order valence-electron chi connectivity index (χ3n) is 2.99. The van der Waals surface area contributed by atoms with Gasteiger partial charge in [-0.1, -0.05) is 48.6 Å². The molecule has 0 aliphatic rings. The minimum atomic E-state index is -3.44. The van der Waals surface area contributed by atoms with Gasteiger partial charge in [0.05, 0.1) is 18.0 Å². The van der Waals surface area contributed by atoms with Crippen molar-refractivity contribution in [3.8, 4) is 0 Å². The summed E-state index contributed by atoms with van der Waals surface area (Å²) < 4.78 is 26.1. The molecule has 4 heteroatoms. The van der Waals surface area contributed by atoms with Gasteiger partial charge in [-0.05, 0) is 11.5 Å². The van der Waals surface area contributed by atoms with Gasteiger partial charge in [-0.25, -0.2) is 8.42 Å². The molecular formula is C16H17NO2S. The lowest BCUT2D eigenvalue weighted by Crippen LogP contribution is -2.32. The topological polar surface area (TPSA) is 37.4 Å². The van der Waals surface area contributed by atoms with Gasteiger partial charge in [0.1, 0.15) is 0 Å². The molecule has 0 radical (unpaired) electrons. The van der Waals surface area contributed by atoms with Crippen LogP contribution >= 0.6 is 0 Å². The minimum absolute atomic E-state index is 0.0932. The van der Waals surface area contributed by atoms with Gasteiger partial charge in [0.25, 0.3) is 0 Å². The fraction of sp³-hybridized carbons (Fsp3) is 0.125. The highest BCUT2D eigenvalue weighted by atomic mass is 32.2. The van der Waals surface area contributed by atoms with Crippen molar-refractivity contribution in [3.63, 3.8) is 0 Å². The smallest absolute Gasteiger partial charge is 0.239 e. The van der Waals surface area contributed by atoms with Crippen molar-refractivity contribution in [2.75, 3.05) is 16.6 Å². The van der Waals surface area contributed by atoms with Gasteiger partial charge in [0, 0.05) is 5.39 Å². The van der Waals surface area contributed by atoms with E-state index in [1.54, 1.807) is 6.08 Å². The van der Waals surface area contributed by atoms with Crippen molar-refractivity contribution in [2.45, 2.75) is 0 Å². The Labute approximate surface area is 119 Å². The molecule has 0 fully saturated rings. The Kier molecular flexibility index (Phi) is 4.25. The molecule has 104 valence electrons. The van der Waals surface area contributed by atoms with Gasteiger partial charge in [-0.2, -0.15) is 0 Å². The molecule has 0 unspecified atom stereocenters. The van der Waals surface area contributed by atoms with Gasteiger partial charge in [0.15, 0.2) is 0 Å². The number of rotatable bonds is 6. The summed E-state index contributed by atoms with van der Waals surface area (Å²) in [6, 6.07) is 13.4. The second-order valence-corrected chi connectivity index (χ2v) is 6.32. The Hall–Kier alpha value is -2.07. The minimum Gasteiger partial charge on any atom is -0.266 e. The molecule has 3 nitrogen and oxygen atoms in total. The molecule has 0 spiro atoms. The van der Waals surface area contributed by atoms with Crippen molar-refractivity contribution < 1.29 is 8.42 Å². The molecule has 0 aromatic heterocycles. The third-order valence-corrected chi connectivity index (χ3v) is 4.67. The molecule has 2 aromatic rings. The first kappa shape index (κ1) is 14.3. The van der Waals surface area contributed by atoms with Crippen molar-refractivity contribution in [2.24, 2.45) is 0 Å². The Morgan fingerprint density at radius 1 is 1.00 bits per heavy atom. The van der Waals surface area contributed by atoms with E-state index in [0.717, 1.165) is 10.8 Å². The highest BCUT2D eigenvalue weighted by molar-refractivity contribution is 7.92. The first-order chi connectivity index (χ1) is 9.60. The highest BCUT2D eigenvalue weighted by Crippen LogP contribution is 2.28. The number of hydrogen-bond donors (Lipinski definition) is 0. The number of benzene rings is 2. The lowest BCUT2D eigenvalue weighted by molar-refractivity contribution is 0.596. The molecule has 0 atom stereocenters.